The molecule has 0 radical (unpaired) electrons. The van der Waals surface area contributed by atoms with E-state index in [1.165, 1.54) is 11.8 Å². The Morgan fingerprint density at radius 2 is 1.77 bits per heavy atom. The van der Waals surface area contributed by atoms with E-state index in [2.05, 4.69) is 25.4 Å². The van der Waals surface area contributed by atoms with Crippen molar-refractivity contribution >= 4 is 11.8 Å². The van der Waals surface area contributed by atoms with Crippen LogP contribution in [0.3, 0.4) is 0 Å². The van der Waals surface area contributed by atoms with Crippen LogP contribution in [0.2, 0.25) is 0 Å². The van der Waals surface area contributed by atoms with Gasteiger partial charge in [-0.05, 0) is 31.2 Å². The molecule has 26 heavy (non-hydrogen) atoms. The maximum absolute atomic E-state index is 5.82. The van der Waals surface area contributed by atoms with Crippen LogP contribution in [0.15, 0.2) is 64.4 Å². The maximum Gasteiger partial charge on any atom is 0.247 e. The Morgan fingerprint density at radius 1 is 0.962 bits per heavy atom. The molecule has 0 fully saturated rings. The third-order valence-corrected chi connectivity index (χ3v) is 4.97. The van der Waals surface area contributed by atoms with Crippen molar-refractivity contribution in [2.45, 2.75) is 17.3 Å². The van der Waals surface area contributed by atoms with Crippen LogP contribution in [0.25, 0.3) is 22.8 Å². The van der Waals surface area contributed by atoms with Crippen molar-refractivity contribution in [3.05, 3.63) is 60.7 Å². The standard InChI is InChI=1S/C18H16N6OS/c1-12(16-21-22-17(25-16)13-7-4-3-5-8-13)26-18-23-20-15(24(18)2)14-9-6-10-19-11-14/h3-12H,1-2H3. The lowest BCUT2D eigenvalue weighted by molar-refractivity contribution is 0.508. The second-order valence-corrected chi connectivity index (χ2v) is 6.99. The second kappa shape index (κ2) is 7.09. The summed E-state index contributed by atoms with van der Waals surface area (Å²) in [4.78, 5) is 4.13. The molecule has 0 amide bonds. The van der Waals surface area contributed by atoms with Crippen molar-refractivity contribution in [1.29, 1.82) is 0 Å². The Hall–Kier alpha value is -3.00. The van der Waals surface area contributed by atoms with Crippen LogP contribution in [-0.2, 0) is 7.05 Å². The van der Waals surface area contributed by atoms with Crippen LogP contribution in [0, 0.1) is 0 Å². The predicted molar refractivity (Wildman–Crippen MR) is 98.2 cm³/mol. The highest BCUT2D eigenvalue weighted by atomic mass is 32.2. The molecule has 0 bridgehead atoms. The lowest BCUT2D eigenvalue weighted by Crippen LogP contribution is -1.97. The van der Waals surface area contributed by atoms with Gasteiger partial charge in [0.05, 0.1) is 5.25 Å². The first-order chi connectivity index (χ1) is 12.7. The molecule has 4 rings (SSSR count). The van der Waals surface area contributed by atoms with Crippen molar-refractivity contribution in [1.82, 2.24) is 29.9 Å². The van der Waals surface area contributed by atoms with E-state index in [9.17, 15) is 0 Å². The third-order valence-electron chi connectivity index (χ3n) is 3.85. The minimum Gasteiger partial charge on any atom is -0.419 e. The molecule has 0 aliphatic heterocycles. The van der Waals surface area contributed by atoms with Crippen molar-refractivity contribution < 1.29 is 4.42 Å². The van der Waals surface area contributed by atoms with E-state index >= 15 is 0 Å². The lowest BCUT2D eigenvalue weighted by atomic mass is 10.2. The minimum absolute atomic E-state index is 0.0513. The zero-order valence-corrected chi connectivity index (χ0v) is 15.1. The molecule has 7 nitrogen and oxygen atoms in total. The number of thioether (sulfide) groups is 1. The molecule has 1 unspecified atom stereocenters. The van der Waals surface area contributed by atoms with Crippen molar-refractivity contribution in [3.8, 4) is 22.8 Å². The Kier molecular flexibility index (Phi) is 4.49. The van der Waals surface area contributed by atoms with E-state index in [1.54, 1.807) is 12.4 Å². The summed E-state index contributed by atoms with van der Waals surface area (Å²) in [7, 11) is 1.93. The number of benzene rings is 1. The van der Waals surface area contributed by atoms with Crippen molar-refractivity contribution in [3.63, 3.8) is 0 Å². The van der Waals surface area contributed by atoms with Crippen LogP contribution in [0.4, 0.5) is 0 Å². The fourth-order valence-corrected chi connectivity index (χ4v) is 3.31. The summed E-state index contributed by atoms with van der Waals surface area (Å²) >= 11 is 1.52. The highest BCUT2D eigenvalue weighted by molar-refractivity contribution is 7.99. The summed E-state index contributed by atoms with van der Waals surface area (Å²) in [5, 5.41) is 17.6. The predicted octanol–water partition coefficient (Wildman–Crippen LogP) is 3.78. The molecular formula is C18H16N6OS. The summed E-state index contributed by atoms with van der Waals surface area (Å²) in [5.74, 6) is 1.84. The van der Waals surface area contributed by atoms with Gasteiger partial charge in [-0.2, -0.15) is 0 Å². The third kappa shape index (κ3) is 3.23. The van der Waals surface area contributed by atoms with Gasteiger partial charge < -0.3 is 8.98 Å². The largest absolute Gasteiger partial charge is 0.419 e. The smallest absolute Gasteiger partial charge is 0.247 e. The molecule has 130 valence electrons. The molecule has 0 aliphatic carbocycles. The number of rotatable bonds is 5. The average molecular weight is 364 g/mol. The van der Waals surface area contributed by atoms with Crippen LogP contribution in [0.1, 0.15) is 18.1 Å². The number of hydrogen-bond acceptors (Lipinski definition) is 7. The highest BCUT2D eigenvalue weighted by Crippen LogP contribution is 2.35. The Morgan fingerprint density at radius 3 is 2.54 bits per heavy atom. The zero-order chi connectivity index (χ0) is 17.9. The second-order valence-electron chi connectivity index (χ2n) is 5.68. The summed E-state index contributed by atoms with van der Waals surface area (Å²) < 4.78 is 7.76. The van der Waals surface area contributed by atoms with Gasteiger partial charge in [0.2, 0.25) is 11.8 Å². The first-order valence-corrected chi connectivity index (χ1v) is 8.95. The molecule has 0 saturated heterocycles. The Labute approximate surface area is 154 Å². The molecular weight excluding hydrogens is 348 g/mol. The van der Waals surface area contributed by atoms with Gasteiger partial charge in [0.15, 0.2) is 11.0 Å². The van der Waals surface area contributed by atoms with Crippen molar-refractivity contribution in [2.24, 2.45) is 7.05 Å². The van der Waals surface area contributed by atoms with Crippen molar-refractivity contribution in [2.75, 3.05) is 0 Å². The van der Waals surface area contributed by atoms with E-state index in [0.29, 0.717) is 11.8 Å². The fraction of sp³-hybridized carbons (Fsp3) is 0.167. The maximum atomic E-state index is 5.82. The Bertz CT molecular complexity index is 999. The van der Waals surface area contributed by atoms with Gasteiger partial charge in [-0.3, -0.25) is 4.98 Å². The first kappa shape index (κ1) is 16.5. The topological polar surface area (TPSA) is 82.5 Å². The zero-order valence-electron chi connectivity index (χ0n) is 14.3. The summed E-state index contributed by atoms with van der Waals surface area (Å²) in [5.41, 5.74) is 1.83. The first-order valence-electron chi connectivity index (χ1n) is 8.07. The molecule has 0 saturated carbocycles. The normalized spacial score (nSPS) is 12.2. The average Bonchev–Trinajstić information content (AvgIpc) is 3.31. The van der Waals surface area contributed by atoms with Gasteiger partial charge in [0.1, 0.15) is 0 Å². The van der Waals surface area contributed by atoms with E-state index < -0.39 is 0 Å². The van der Waals surface area contributed by atoms with Gasteiger partial charge >= 0.3 is 0 Å². The van der Waals surface area contributed by atoms with E-state index in [0.717, 1.165) is 22.1 Å². The van der Waals surface area contributed by atoms with Gasteiger partial charge in [-0.1, -0.05) is 30.0 Å². The molecule has 8 heteroatoms. The number of pyridine rings is 1. The molecule has 0 aliphatic rings. The van der Waals surface area contributed by atoms with E-state index in [-0.39, 0.29) is 5.25 Å². The van der Waals surface area contributed by atoms with Crippen LogP contribution in [0.5, 0.6) is 0 Å². The van der Waals surface area contributed by atoms with Gasteiger partial charge in [-0.25, -0.2) is 0 Å². The van der Waals surface area contributed by atoms with Crippen LogP contribution < -0.4 is 0 Å². The molecule has 1 aromatic carbocycles. The number of aromatic nitrogens is 6. The quantitative estimate of drug-likeness (QED) is 0.498. The molecule has 1 atom stereocenters. The fourth-order valence-electron chi connectivity index (χ4n) is 2.47. The van der Waals surface area contributed by atoms with E-state index in [1.807, 2.05) is 61.0 Å². The molecule has 4 aromatic rings. The summed E-state index contributed by atoms with van der Waals surface area (Å²) in [6.45, 7) is 2.01. The van der Waals surface area contributed by atoms with Crippen LogP contribution >= 0.6 is 11.8 Å². The van der Waals surface area contributed by atoms with Crippen LogP contribution in [-0.4, -0.2) is 29.9 Å². The summed E-state index contributed by atoms with van der Waals surface area (Å²) in [6.07, 6.45) is 3.50. The van der Waals surface area contributed by atoms with Gasteiger partial charge in [0, 0.05) is 30.6 Å². The lowest BCUT2D eigenvalue weighted by Gasteiger charge is -2.06. The molecule has 0 N–H and O–H groups in total. The highest BCUT2D eigenvalue weighted by Gasteiger charge is 2.20. The number of hydrogen-bond donors (Lipinski definition) is 0. The van der Waals surface area contributed by atoms with E-state index in [4.69, 9.17) is 4.42 Å². The SMILES string of the molecule is CC(Sc1nnc(-c2cccnc2)n1C)c1nnc(-c2ccccc2)o1. The monoisotopic (exact) mass is 364 g/mol. The molecule has 3 aromatic heterocycles. The number of nitrogens with zero attached hydrogens (tertiary/aromatic N) is 6. The van der Waals surface area contributed by atoms with Gasteiger partial charge in [-0.15, -0.1) is 20.4 Å². The molecule has 3 heterocycles. The Balaban J connectivity index is 1.53. The molecule has 0 spiro atoms. The summed E-state index contributed by atoms with van der Waals surface area (Å²) in [6, 6.07) is 13.6. The minimum atomic E-state index is -0.0513. The van der Waals surface area contributed by atoms with Gasteiger partial charge in [0.25, 0.3) is 0 Å².